The highest BCUT2D eigenvalue weighted by Crippen LogP contribution is 2.28. The van der Waals surface area contributed by atoms with Crippen LogP contribution in [0.15, 0.2) is 12.1 Å². The lowest BCUT2D eigenvalue weighted by atomic mass is 10.1. The lowest BCUT2D eigenvalue weighted by Crippen LogP contribution is -2.41. The molecule has 0 aliphatic rings. The van der Waals surface area contributed by atoms with Crippen LogP contribution < -0.4 is 11.1 Å². The number of hydrogen-bond donors (Lipinski definition) is 2. The van der Waals surface area contributed by atoms with Crippen molar-refractivity contribution in [2.45, 2.75) is 26.2 Å². The van der Waals surface area contributed by atoms with Gasteiger partial charge in [-0.15, -0.1) is 0 Å². The first-order valence-electron chi connectivity index (χ1n) is 5.00. The highest BCUT2D eigenvalue weighted by Gasteiger charge is 2.49. The van der Waals surface area contributed by atoms with Crippen molar-refractivity contribution in [2.24, 2.45) is 0 Å². The zero-order valence-corrected chi connectivity index (χ0v) is 9.73. The minimum atomic E-state index is -4.74. The summed E-state index contributed by atoms with van der Waals surface area (Å²) in [5.41, 5.74) is 6.93. The third-order valence-corrected chi connectivity index (χ3v) is 2.49. The molecule has 7 heteroatoms. The van der Waals surface area contributed by atoms with Crippen molar-refractivity contribution >= 4 is 17.3 Å². The molecule has 18 heavy (non-hydrogen) atoms. The number of nitrogen functional groups attached to an aromatic ring is 1. The molecule has 0 bridgehead atoms. The number of nitrogens with two attached hydrogens (primary N) is 1. The van der Waals surface area contributed by atoms with E-state index in [0.717, 1.165) is 5.56 Å². The van der Waals surface area contributed by atoms with Crippen LogP contribution in [0.3, 0.4) is 0 Å². The zero-order chi connectivity index (χ0) is 14.1. The monoisotopic (exact) mass is 264 g/mol. The molecule has 0 saturated carbocycles. The lowest BCUT2D eigenvalue weighted by Gasteiger charge is -2.16. The molecule has 3 nitrogen and oxygen atoms in total. The van der Waals surface area contributed by atoms with Crippen molar-refractivity contribution in [3.63, 3.8) is 0 Å². The fourth-order valence-corrected chi connectivity index (χ4v) is 1.25. The maximum atomic E-state index is 12.7. The molecule has 0 aliphatic carbocycles. The molecular weight excluding hydrogens is 252 g/mol. The number of anilines is 2. The Hall–Kier alpha value is -1.79. The average Bonchev–Trinajstić information content (AvgIpc) is 2.25. The van der Waals surface area contributed by atoms with Crippen LogP contribution in [-0.4, -0.2) is 18.3 Å². The second-order valence-corrected chi connectivity index (χ2v) is 3.90. The third-order valence-electron chi connectivity index (χ3n) is 2.49. The summed E-state index contributed by atoms with van der Waals surface area (Å²) in [5.74, 6) is -6.82. The SMILES string of the molecule is Cc1cc(N)c(NC(=O)C(F)(F)C(F)F)cc1C. The number of carbonyl (C=O) groups is 1. The first-order chi connectivity index (χ1) is 8.16. The summed E-state index contributed by atoms with van der Waals surface area (Å²) < 4.78 is 49.4. The number of aryl methyl sites for hydroxylation is 2. The van der Waals surface area contributed by atoms with Gasteiger partial charge in [0.15, 0.2) is 0 Å². The standard InChI is InChI=1S/C11H12F4N2O/c1-5-3-7(16)8(4-6(5)2)17-10(18)11(14,15)9(12)13/h3-4,9H,16H2,1-2H3,(H,17,18). The first kappa shape index (κ1) is 14.3. The fraction of sp³-hybridized carbons (Fsp3) is 0.364. The molecule has 0 aromatic heterocycles. The summed E-state index contributed by atoms with van der Waals surface area (Å²) in [6.07, 6.45) is -4.06. The van der Waals surface area contributed by atoms with Crippen LogP contribution in [0.25, 0.3) is 0 Å². The van der Waals surface area contributed by atoms with Crippen LogP contribution in [0.4, 0.5) is 28.9 Å². The molecule has 1 aromatic rings. The van der Waals surface area contributed by atoms with E-state index in [-0.39, 0.29) is 11.4 Å². The fourth-order valence-electron chi connectivity index (χ4n) is 1.25. The van der Waals surface area contributed by atoms with E-state index in [1.807, 2.05) is 0 Å². The number of hydrogen-bond acceptors (Lipinski definition) is 2. The molecule has 1 rings (SSSR count). The summed E-state index contributed by atoms with van der Waals surface area (Å²) in [4.78, 5) is 11.0. The van der Waals surface area contributed by atoms with Crippen molar-refractivity contribution < 1.29 is 22.4 Å². The van der Waals surface area contributed by atoms with Gasteiger partial charge in [-0.2, -0.15) is 8.78 Å². The van der Waals surface area contributed by atoms with Gasteiger partial charge in [0.2, 0.25) is 0 Å². The van der Waals surface area contributed by atoms with E-state index >= 15 is 0 Å². The molecule has 0 fully saturated rings. The van der Waals surface area contributed by atoms with E-state index in [1.165, 1.54) is 12.1 Å². The van der Waals surface area contributed by atoms with Crippen molar-refractivity contribution in [3.05, 3.63) is 23.3 Å². The van der Waals surface area contributed by atoms with Gasteiger partial charge in [0.1, 0.15) is 0 Å². The van der Waals surface area contributed by atoms with Crippen LogP contribution in [0, 0.1) is 13.8 Å². The molecule has 0 atom stereocenters. The summed E-state index contributed by atoms with van der Waals surface area (Å²) in [7, 11) is 0. The van der Waals surface area contributed by atoms with Crippen molar-refractivity contribution in [1.82, 2.24) is 0 Å². The number of rotatable bonds is 3. The second-order valence-electron chi connectivity index (χ2n) is 3.90. The van der Waals surface area contributed by atoms with Gasteiger partial charge >= 0.3 is 18.3 Å². The van der Waals surface area contributed by atoms with Gasteiger partial charge < -0.3 is 11.1 Å². The Morgan fingerprint density at radius 3 is 2.28 bits per heavy atom. The Balaban J connectivity index is 2.99. The van der Waals surface area contributed by atoms with Crippen LogP contribution in [-0.2, 0) is 4.79 Å². The first-order valence-corrected chi connectivity index (χ1v) is 5.00. The van der Waals surface area contributed by atoms with Gasteiger partial charge in [-0.1, -0.05) is 0 Å². The minimum absolute atomic E-state index is 0.0384. The predicted molar refractivity (Wildman–Crippen MR) is 59.9 cm³/mol. The summed E-state index contributed by atoms with van der Waals surface area (Å²) in [6.45, 7) is 3.42. The summed E-state index contributed by atoms with van der Waals surface area (Å²) in [6, 6.07) is 2.82. The summed E-state index contributed by atoms with van der Waals surface area (Å²) >= 11 is 0. The quantitative estimate of drug-likeness (QED) is 0.651. The molecule has 1 amide bonds. The van der Waals surface area contributed by atoms with Crippen LogP contribution in [0.5, 0.6) is 0 Å². The number of halogens is 4. The van der Waals surface area contributed by atoms with Gasteiger partial charge in [-0.05, 0) is 37.1 Å². The Morgan fingerprint density at radius 1 is 1.28 bits per heavy atom. The van der Waals surface area contributed by atoms with Crippen molar-refractivity contribution in [3.8, 4) is 0 Å². The average molecular weight is 264 g/mol. The molecule has 0 spiro atoms. The number of carbonyl (C=O) groups excluding carboxylic acids is 1. The van der Waals surface area contributed by atoms with Gasteiger partial charge in [-0.3, -0.25) is 4.79 Å². The van der Waals surface area contributed by atoms with Crippen molar-refractivity contribution in [1.29, 1.82) is 0 Å². The molecule has 0 aliphatic heterocycles. The second kappa shape index (κ2) is 4.83. The topological polar surface area (TPSA) is 55.1 Å². The van der Waals surface area contributed by atoms with Crippen LogP contribution in [0.2, 0.25) is 0 Å². The molecule has 0 radical (unpaired) electrons. The number of benzene rings is 1. The molecule has 0 heterocycles. The molecule has 100 valence electrons. The lowest BCUT2D eigenvalue weighted by molar-refractivity contribution is -0.163. The normalized spacial score (nSPS) is 11.7. The summed E-state index contributed by atoms with van der Waals surface area (Å²) in [5, 5.41) is 1.71. The molecule has 0 unspecified atom stereocenters. The number of nitrogens with one attached hydrogen (secondary N) is 1. The highest BCUT2D eigenvalue weighted by atomic mass is 19.3. The van der Waals surface area contributed by atoms with E-state index in [1.54, 1.807) is 19.2 Å². The van der Waals surface area contributed by atoms with Crippen LogP contribution >= 0.6 is 0 Å². The Kier molecular flexibility index (Phi) is 3.83. The minimum Gasteiger partial charge on any atom is -0.397 e. The third kappa shape index (κ3) is 2.72. The molecule has 0 saturated heterocycles. The highest BCUT2D eigenvalue weighted by molar-refractivity contribution is 5.98. The Morgan fingerprint density at radius 2 is 1.78 bits per heavy atom. The molecule has 3 N–H and O–H groups in total. The number of amides is 1. The predicted octanol–water partition coefficient (Wildman–Crippen LogP) is 2.72. The van der Waals surface area contributed by atoms with Gasteiger partial charge in [-0.25, -0.2) is 8.78 Å². The van der Waals surface area contributed by atoms with E-state index < -0.39 is 18.3 Å². The largest absolute Gasteiger partial charge is 0.397 e. The van der Waals surface area contributed by atoms with Gasteiger partial charge in [0.05, 0.1) is 11.4 Å². The smallest absolute Gasteiger partial charge is 0.383 e. The van der Waals surface area contributed by atoms with Gasteiger partial charge in [0, 0.05) is 0 Å². The van der Waals surface area contributed by atoms with Gasteiger partial charge in [0.25, 0.3) is 0 Å². The molecule has 1 aromatic carbocycles. The maximum absolute atomic E-state index is 12.7. The number of alkyl halides is 4. The molecular formula is C11H12F4N2O. The van der Waals surface area contributed by atoms with E-state index in [2.05, 4.69) is 0 Å². The van der Waals surface area contributed by atoms with E-state index in [9.17, 15) is 22.4 Å². The van der Waals surface area contributed by atoms with Crippen molar-refractivity contribution in [2.75, 3.05) is 11.1 Å². The Bertz CT molecular complexity index is 474. The Labute approximate surface area is 101 Å². The van der Waals surface area contributed by atoms with Crippen LogP contribution in [0.1, 0.15) is 11.1 Å². The maximum Gasteiger partial charge on any atom is 0.383 e. The van der Waals surface area contributed by atoms with E-state index in [0.29, 0.717) is 5.56 Å². The van der Waals surface area contributed by atoms with E-state index in [4.69, 9.17) is 5.73 Å². The zero-order valence-electron chi connectivity index (χ0n) is 9.73.